The molecule has 0 unspecified atom stereocenters. The smallest absolute Gasteiger partial charge is 0.271 e. The van der Waals surface area contributed by atoms with E-state index in [4.69, 9.17) is 11.6 Å². The SMILES string of the molecule is Cc1ccc(C(=O)CCC(=O)NNC(=O)c2ccccc2Cl)cc1C. The summed E-state index contributed by atoms with van der Waals surface area (Å²) >= 11 is 5.91. The summed E-state index contributed by atoms with van der Waals surface area (Å²) in [5, 5.41) is 0.291. The minimum atomic E-state index is -0.514. The molecule has 0 fully saturated rings. The number of ketones is 1. The average molecular weight is 359 g/mol. The number of carbonyl (C=O) groups excluding carboxylic acids is 3. The van der Waals surface area contributed by atoms with Crippen molar-refractivity contribution in [1.29, 1.82) is 0 Å². The van der Waals surface area contributed by atoms with Crippen molar-refractivity contribution < 1.29 is 14.4 Å². The van der Waals surface area contributed by atoms with Gasteiger partial charge < -0.3 is 0 Å². The van der Waals surface area contributed by atoms with Gasteiger partial charge in [0.05, 0.1) is 10.6 Å². The molecule has 0 radical (unpaired) electrons. The van der Waals surface area contributed by atoms with Crippen molar-refractivity contribution in [3.05, 3.63) is 69.7 Å². The van der Waals surface area contributed by atoms with Gasteiger partial charge in [0.2, 0.25) is 5.91 Å². The fourth-order valence-electron chi connectivity index (χ4n) is 2.19. The lowest BCUT2D eigenvalue weighted by molar-refractivity contribution is -0.121. The second-order valence-electron chi connectivity index (χ2n) is 5.70. The van der Waals surface area contributed by atoms with Crippen LogP contribution in [-0.4, -0.2) is 17.6 Å². The van der Waals surface area contributed by atoms with Gasteiger partial charge in [-0.2, -0.15) is 0 Å². The van der Waals surface area contributed by atoms with Crippen molar-refractivity contribution in [2.75, 3.05) is 0 Å². The number of hydrogen-bond donors (Lipinski definition) is 2. The van der Waals surface area contributed by atoms with E-state index in [0.717, 1.165) is 11.1 Å². The van der Waals surface area contributed by atoms with Crippen LogP contribution in [-0.2, 0) is 4.79 Å². The Balaban J connectivity index is 1.82. The Kier molecular flexibility index (Phi) is 6.31. The zero-order chi connectivity index (χ0) is 18.4. The van der Waals surface area contributed by atoms with Crippen LogP contribution in [0.15, 0.2) is 42.5 Å². The zero-order valence-electron chi connectivity index (χ0n) is 14.1. The first-order chi connectivity index (χ1) is 11.9. The summed E-state index contributed by atoms with van der Waals surface area (Å²) in [5.41, 5.74) is 7.55. The number of nitrogens with one attached hydrogen (secondary N) is 2. The maximum atomic E-state index is 12.1. The summed E-state index contributed by atoms with van der Waals surface area (Å²) in [6.07, 6.45) is 0.0465. The molecule has 0 aliphatic rings. The van der Waals surface area contributed by atoms with E-state index >= 15 is 0 Å². The van der Waals surface area contributed by atoms with E-state index in [0.29, 0.717) is 10.6 Å². The van der Waals surface area contributed by atoms with Crippen molar-refractivity contribution in [2.45, 2.75) is 26.7 Å². The molecule has 2 aromatic rings. The van der Waals surface area contributed by atoms with Crippen LogP contribution in [0.5, 0.6) is 0 Å². The van der Waals surface area contributed by atoms with Crippen LogP contribution in [0.4, 0.5) is 0 Å². The Morgan fingerprint density at radius 3 is 2.32 bits per heavy atom. The summed E-state index contributed by atoms with van der Waals surface area (Å²) in [5.74, 6) is -1.08. The maximum absolute atomic E-state index is 12.1. The van der Waals surface area contributed by atoms with Crippen molar-refractivity contribution in [3.8, 4) is 0 Å². The van der Waals surface area contributed by atoms with E-state index in [2.05, 4.69) is 10.9 Å². The molecule has 2 amide bonds. The lowest BCUT2D eigenvalue weighted by Crippen LogP contribution is -2.41. The highest BCUT2D eigenvalue weighted by molar-refractivity contribution is 6.33. The lowest BCUT2D eigenvalue weighted by atomic mass is 10.0. The second kappa shape index (κ2) is 8.44. The average Bonchev–Trinajstić information content (AvgIpc) is 2.60. The molecule has 0 atom stereocenters. The van der Waals surface area contributed by atoms with Gasteiger partial charge in [-0.3, -0.25) is 25.2 Å². The molecule has 25 heavy (non-hydrogen) atoms. The third-order valence-corrected chi connectivity index (χ3v) is 4.17. The van der Waals surface area contributed by atoms with E-state index in [1.807, 2.05) is 26.0 Å². The Morgan fingerprint density at radius 2 is 1.64 bits per heavy atom. The van der Waals surface area contributed by atoms with Gasteiger partial charge in [0.25, 0.3) is 5.91 Å². The molecule has 0 bridgehead atoms. The highest BCUT2D eigenvalue weighted by Gasteiger charge is 2.13. The molecule has 0 saturated heterocycles. The van der Waals surface area contributed by atoms with Gasteiger partial charge in [-0.15, -0.1) is 0 Å². The molecule has 0 heterocycles. The highest BCUT2D eigenvalue weighted by Crippen LogP contribution is 2.14. The summed E-state index contributed by atoms with van der Waals surface area (Å²) in [4.78, 5) is 35.9. The van der Waals surface area contributed by atoms with Crippen molar-refractivity contribution in [3.63, 3.8) is 0 Å². The Morgan fingerprint density at radius 1 is 0.920 bits per heavy atom. The first-order valence-corrected chi connectivity index (χ1v) is 8.20. The fourth-order valence-corrected chi connectivity index (χ4v) is 2.41. The summed E-state index contributed by atoms with van der Waals surface area (Å²) < 4.78 is 0. The second-order valence-corrected chi connectivity index (χ2v) is 6.11. The number of Topliss-reactive ketones (excluding diaryl/α,β-unsaturated/α-hetero) is 1. The molecule has 0 aliphatic heterocycles. The molecule has 2 aromatic carbocycles. The molecule has 2 rings (SSSR count). The minimum Gasteiger partial charge on any atom is -0.294 e. The third-order valence-electron chi connectivity index (χ3n) is 3.84. The molecule has 0 aromatic heterocycles. The first kappa shape index (κ1) is 18.7. The van der Waals surface area contributed by atoms with E-state index in [1.54, 1.807) is 30.3 Å². The lowest BCUT2D eigenvalue weighted by Gasteiger charge is -2.08. The highest BCUT2D eigenvalue weighted by atomic mass is 35.5. The van der Waals surface area contributed by atoms with Crippen LogP contribution in [0, 0.1) is 13.8 Å². The quantitative estimate of drug-likeness (QED) is 0.635. The largest absolute Gasteiger partial charge is 0.294 e. The van der Waals surface area contributed by atoms with E-state index < -0.39 is 11.8 Å². The molecule has 0 spiro atoms. The molecule has 130 valence electrons. The van der Waals surface area contributed by atoms with Crippen molar-refractivity contribution in [2.24, 2.45) is 0 Å². The number of amides is 2. The maximum Gasteiger partial charge on any atom is 0.271 e. The van der Waals surface area contributed by atoms with Gasteiger partial charge in [-0.1, -0.05) is 35.9 Å². The number of carbonyl (C=O) groups is 3. The summed E-state index contributed by atoms with van der Waals surface area (Å²) in [6.45, 7) is 3.90. The minimum absolute atomic E-state index is 0.0193. The Bertz CT molecular complexity index is 818. The van der Waals surface area contributed by atoms with Gasteiger partial charge in [-0.05, 0) is 43.2 Å². The first-order valence-electron chi connectivity index (χ1n) is 7.82. The van der Waals surface area contributed by atoms with E-state index in [9.17, 15) is 14.4 Å². The molecule has 0 aliphatic carbocycles. The zero-order valence-corrected chi connectivity index (χ0v) is 14.8. The van der Waals surface area contributed by atoms with Crippen LogP contribution >= 0.6 is 11.6 Å². The van der Waals surface area contributed by atoms with E-state index in [-0.39, 0.29) is 24.2 Å². The molecule has 0 saturated carbocycles. The van der Waals surface area contributed by atoms with Crippen LogP contribution < -0.4 is 10.9 Å². The summed E-state index contributed by atoms with van der Waals surface area (Å²) in [6, 6.07) is 12.0. The molecular formula is C19H19ClN2O3. The van der Waals surface area contributed by atoms with Crippen LogP contribution in [0.3, 0.4) is 0 Å². The topological polar surface area (TPSA) is 75.3 Å². The van der Waals surface area contributed by atoms with Crippen molar-refractivity contribution in [1.82, 2.24) is 10.9 Å². The van der Waals surface area contributed by atoms with Crippen molar-refractivity contribution >= 4 is 29.2 Å². The number of hydrogen-bond acceptors (Lipinski definition) is 3. The van der Waals surface area contributed by atoms with E-state index in [1.165, 1.54) is 0 Å². The number of rotatable bonds is 5. The van der Waals surface area contributed by atoms with Gasteiger partial charge >= 0.3 is 0 Å². The molecule has 6 heteroatoms. The fraction of sp³-hybridized carbons (Fsp3) is 0.211. The van der Waals surface area contributed by atoms with Gasteiger partial charge in [0.15, 0.2) is 5.78 Å². The predicted octanol–water partition coefficient (Wildman–Crippen LogP) is 3.38. The monoisotopic (exact) mass is 358 g/mol. The number of aryl methyl sites for hydroxylation is 2. The van der Waals surface area contributed by atoms with Crippen LogP contribution in [0.25, 0.3) is 0 Å². The normalized spacial score (nSPS) is 10.2. The number of halogens is 1. The standard InChI is InChI=1S/C19H19ClN2O3/c1-12-7-8-14(11-13(12)2)17(23)9-10-18(24)21-22-19(25)15-5-3-4-6-16(15)20/h3-8,11H,9-10H2,1-2H3,(H,21,24)(H,22,25). The third kappa shape index (κ3) is 5.16. The van der Waals surface area contributed by atoms with Gasteiger partial charge in [0.1, 0.15) is 0 Å². The summed E-state index contributed by atoms with van der Waals surface area (Å²) in [7, 11) is 0. The van der Waals surface area contributed by atoms with Crippen LogP contribution in [0.2, 0.25) is 5.02 Å². The van der Waals surface area contributed by atoms with Gasteiger partial charge in [0, 0.05) is 18.4 Å². The molecule has 5 nitrogen and oxygen atoms in total. The Labute approximate surface area is 151 Å². The number of benzene rings is 2. The van der Waals surface area contributed by atoms with Crippen LogP contribution in [0.1, 0.15) is 44.7 Å². The molecule has 2 N–H and O–H groups in total. The predicted molar refractivity (Wildman–Crippen MR) is 96.5 cm³/mol. The molecular weight excluding hydrogens is 340 g/mol. The Hall–Kier alpha value is -2.66. The van der Waals surface area contributed by atoms with Gasteiger partial charge in [-0.25, -0.2) is 0 Å². The number of hydrazine groups is 1.